The summed E-state index contributed by atoms with van der Waals surface area (Å²) in [6.07, 6.45) is 10.8. The van der Waals surface area contributed by atoms with Crippen molar-refractivity contribution < 1.29 is 19.4 Å². The van der Waals surface area contributed by atoms with Crippen LogP contribution in [0.4, 0.5) is 0 Å². The van der Waals surface area contributed by atoms with E-state index in [2.05, 4.69) is 31.1 Å². The summed E-state index contributed by atoms with van der Waals surface area (Å²) >= 11 is 0. The van der Waals surface area contributed by atoms with Crippen LogP contribution >= 0.6 is 0 Å². The molecule has 9 heteroatoms. The standard InChI is InChI=1S/C32H57N5O4/c1-5-41-27(39)11-8-19(2)22-9-10-23-28-24(13-15-32(22,23)4)31(3)14-12-21(17-20(31)18-26(28)38)37-29(40)25(33)7-6-16-36-30(34)35/h19-26,28,38H,5-18,33H2,1-4H3,(H,37,40)(H4,34,35,36)/t19?,20-,21+,22?,23-,24-,25-,26+,28-,31-,32+/m0/s1. The van der Waals surface area contributed by atoms with E-state index in [1.807, 2.05) is 6.92 Å². The van der Waals surface area contributed by atoms with Gasteiger partial charge in [0.2, 0.25) is 5.91 Å². The van der Waals surface area contributed by atoms with Gasteiger partial charge in [-0.05, 0) is 124 Å². The number of aliphatic hydroxyl groups excluding tert-OH is 1. The maximum absolute atomic E-state index is 12.8. The van der Waals surface area contributed by atoms with Gasteiger partial charge in [0.1, 0.15) is 0 Å². The number of carbonyl (C=O) groups is 2. The van der Waals surface area contributed by atoms with E-state index in [4.69, 9.17) is 21.9 Å². The van der Waals surface area contributed by atoms with Crippen molar-refractivity contribution in [3.63, 3.8) is 0 Å². The highest BCUT2D eigenvalue weighted by Gasteiger charge is 2.62. The zero-order chi connectivity index (χ0) is 29.9. The van der Waals surface area contributed by atoms with Crippen LogP contribution in [0.2, 0.25) is 0 Å². The Balaban J connectivity index is 1.36. The van der Waals surface area contributed by atoms with E-state index < -0.39 is 6.04 Å². The highest BCUT2D eigenvalue weighted by molar-refractivity contribution is 5.81. The molecule has 0 aromatic carbocycles. The van der Waals surface area contributed by atoms with Gasteiger partial charge < -0.3 is 32.4 Å². The van der Waals surface area contributed by atoms with E-state index in [-0.39, 0.29) is 40.8 Å². The van der Waals surface area contributed by atoms with Crippen molar-refractivity contribution in [2.45, 2.75) is 123 Å². The lowest BCUT2D eigenvalue weighted by Crippen LogP contribution is -2.60. The second-order valence-corrected chi connectivity index (χ2v) is 14.4. The molecule has 8 N–H and O–H groups in total. The number of guanidine groups is 1. The largest absolute Gasteiger partial charge is 0.466 e. The average Bonchev–Trinajstić information content (AvgIpc) is 3.27. The Bertz CT molecular complexity index is 956. The molecular weight excluding hydrogens is 518 g/mol. The van der Waals surface area contributed by atoms with Crippen LogP contribution in [0, 0.1) is 46.3 Å². The number of rotatable bonds is 11. The zero-order valence-electron chi connectivity index (χ0n) is 25.9. The number of carbonyl (C=O) groups excluding carboxylic acids is 2. The molecule has 0 heterocycles. The quantitative estimate of drug-likeness (QED) is 0.109. The van der Waals surface area contributed by atoms with Gasteiger partial charge in [0.15, 0.2) is 5.96 Å². The molecular formula is C32H57N5O4. The third-order valence-electron chi connectivity index (χ3n) is 12.2. The van der Waals surface area contributed by atoms with Crippen LogP contribution < -0.4 is 22.5 Å². The summed E-state index contributed by atoms with van der Waals surface area (Å²) in [7, 11) is 0. The van der Waals surface area contributed by atoms with E-state index in [1.54, 1.807) is 0 Å². The molecule has 11 atom stereocenters. The van der Waals surface area contributed by atoms with Gasteiger partial charge in [0, 0.05) is 19.0 Å². The second-order valence-electron chi connectivity index (χ2n) is 14.4. The summed E-state index contributed by atoms with van der Waals surface area (Å²) < 4.78 is 5.19. The second kappa shape index (κ2) is 13.2. The minimum atomic E-state index is -0.565. The lowest BCUT2D eigenvalue weighted by Gasteiger charge is -2.62. The van der Waals surface area contributed by atoms with E-state index in [9.17, 15) is 14.7 Å². The van der Waals surface area contributed by atoms with Crippen molar-refractivity contribution in [1.29, 1.82) is 0 Å². The van der Waals surface area contributed by atoms with Crippen molar-refractivity contribution >= 4 is 17.8 Å². The Morgan fingerprint density at radius 2 is 1.76 bits per heavy atom. The maximum atomic E-state index is 12.8. The van der Waals surface area contributed by atoms with Gasteiger partial charge in [-0.3, -0.25) is 14.6 Å². The van der Waals surface area contributed by atoms with Crippen molar-refractivity contribution in [2.75, 3.05) is 13.2 Å². The van der Waals surface area contributed by atoms with Crippen molar-refractivity contribution in [1.82, 2.24) is 5.32 Å². The van der Waals surface area contributed by atoms with Gasteiger partial charge in [0.05, 0.1) is 18.8 Å². The highest BCUT2D eigenvalue weighted by atomic mass is 16.5. The molecule has 0 aromatic rings. The fourth-order valence-corrected chi connectivity index (χ4v) is 10.1. The molecule has 234 valence electrons. The number of ether oxygens (including phenoxy) is 1. The summed E-state index contributed by atoms with van der Waals surface area (Å²) in [5, 5.41) is 14.9. The number of amides is 1. The Labute approximate surface area is 247 Å². The van der Waals surface area contributed by atoms with Crippen molar-refractivity contribution in [2.24, 2.45) is 68.5 Å². The van der Waals surface area contributed by atoms with Crippen LogP contribution in [0.25, 0.3) is 0 Å². The Morgan fingerprint density at radius 3 is 2.46 bits per heavy atom. The first-order valence-corrected chi connectivity index (χ1v) is 16.4. The van der Waals surface area contributed by atoms with Crippen molar-refractivity contribution in [3.8, 4) is 0 Å². The number of hydrogen-bond donors (Lipinski definition) is 5. The molecule has 0 saturated heterocycles. The van der Waals surface area contributed by atoms with Crippen LogP contribution in [0.3, 0.4) is 0 Å². The molecule has 2 unspecified atom stereocenters. The summed E-state index contributed by atoms with van der Waals surface area (Å²) in [6, 6.07) is -0.456. The number of fused-ring (bicyclic) bond motifs is 5. The highest BCUT2D eigenvalue weighted by Crippen LogP contribution is 2.68. The predicted octanol–water partition coefficient (Wildman–Crippen LogP) is 3.46. The third-order valence-corrected chi connectivity index (χ3v) is 12.2. The molecule has 4 aliphatic rings. The third kappa shape index (κ3) is 6.71. The minimum absolute atomic E-state index is 0.0566. The molecule has 4 aliphatic carbocycles. The van der Waals surface area contributed by atoms with Gasteiger partial charge in [-0.25, -0.2) is 0 Å². The van der Waals surface area contributed by atoms with Gasteiger partial charge >= 0.3 is 5.97 Å². The molecule has 4 rings (SSSR count). The summed E-state index contributed by atoms with van der Waals surface area (Å²) in [6.45, 7) is 10.1. The molecule has 4 saturated carbocycles. The first kappa shape index (κ1) is 32.1. The summed E-state index contributed by atoms with van der Waals surface area (Å²) in [4.78, 5) is 28.8. The first-order chi connectivity index (χ1) is 19.4. The number of esters is 1. The Hall–Kier alpha value is -1.87. The molecule has 4 fully saturated rings. The Kier molecular flexibility index (Phi) is 10.3. The smallest absolute Gasteiger partial charge is 0.305 e. The van der Waals surface area contributed by atoms with Crippen LogP contribution in [-0.2, 0) is 14.3 Å². The van der Waals surface area contributed by atoms with Crippen molar-refractivity contribution in [3.05, 3.63) is 0 Å². The van der Waals surface area contributed by atoms with Crippen LogP contribution in [-0.4, -0.2) is 54.3 Å². The molecule has 0 radical (unpaired) electrons. The van der Waals surface area contributed by atoms with Gasteiger partial charge in [-0.15, -0.1) is 0 Å². The minimum Gasteiger partial charge on any atom is -0.466 e. The monoisotopic (exact) mass is 575 g/mol. The molecule has 0 aromatic heterocycles. The number of nitrogens with zero attached hydrogens (tertiary/aromatic N) is 1. The van der Waals surface area contributed by atoms with Gasteiger partial charge in [-0.1, -0.05) is 20.8 Å². The van der Waals surface area contributed by atoms with E-state index in [1.165, 1.54) is 25.7 Å². The molecule has 0 bridgehead atoms. The topological polar surface area (TPSA) is 166 Å². The molecule has 1 amide bonds. The van der Waals surface area contributed by atoms with Crippen LogP contribution in [0.15, 0.2) is 4.99 Å². The molecule has 0 aliphatic heterocycles. The van der Waals surface area contributed by atoms with E-state index >= 15 is 0 Å². The number of nitrogens with one attached hydrogen (secondary N) is 1. The normalized spacial score (nSPS) is 39.4. The molecule has 0 spiro atoms. The number of aliphatic hydroxyl groups is 1. The van der Waals surface area contributed by atoms with Gasteiger partial charge in [0.25, 0.3) is 0 Å². The molecule has 9 nitrogen and oxygen atoms in total. The maximum Gasteiger partial charge on any atom is 0.305 e. The predicted molar refractivity (Wildman–Crippen MR) is 161 cm³/mol. The number of hydrogen-bond acceptors (Lipinski definition) is 6. The zero-order valence-corrected chi connectivity index (χ0v) is 25.9. The summed E-state index contributed by atoms with van der Waals surface area (Å²) in [5.41, 5.74) is 17.3. The summed E-state index contributed by atoms with van der Waals surface area (Å²) in [5.74, 6) is 2.77. The number of nitrogens with two attached hydrogens (primary N) is 3. The fraction of sp³-hybridized carbons (Fsp3) is 0.906. The van der Waals surface area contributed by atoms with Crippen LogP contribution in [0.1, 0.15) is 105 Å². The lowest BCUT2D eigenvalue weighted by atomic mass is 9.43. The molecule has 41 heavy (non-hydrogen) atoms. The Morgan fingerprint density at radius 1 is 1.05 bits per heavy atom. The average molecular weight is 576 g/mol. The van der Waals surface area contributed by atoms with Crippen LogP contribution in [0.5, 0.6) is 0 Å². The SMILES string of the molecule is CCOC(=O)CCC(C)C1CC[C@H]2[C@@H]3[C@H](O)C[C@@H]4C[C@H](NC(=O)[C@@H](N)CCCN=C(N)N)CC[C@]4(C)[C@H]3CC[C@]12C. The van der Waals surface area contributed by atoms with Gasteiger partial charge in [-0.2, -0.15) is 0 Å². The van der Waals surface area contributed by atoms with E-state index in [0.29, 0.717) is 67.9 Å². The first-order valence-electron chi connectivity index (χ1n) is 16.4. The van der Waals surface area contributed by atoms with E-state index in [0.717, 1.165) is 32.1 Å². The lowest BCUT2D eigenvalue weighted by molar-refractivity contribution is -0.167. The fourth-order valence-electron chi connectivity index (χ4n) is 10.1. The number of aliphatic imine (C=N–C) groups is 1.